The van der Waals surface area contributed by atoms with Gasteiger partial charge in [0.2, 0.25) is 0 Å². The molecule has 0 fully saturated rings. The zero-order valence-electron chi connectivity index (χ0n) is 6.15. The predicted molar refractivity (Wildman–Crippen MR) is 47.3 cm³/mol. The lowest BCUT2D eigenvalue weighted by Gasteiger charge is -1.94. The lowest BCUT2D eigenvalue weighted by atomic mass is 10.2. The van der Waals surface area contributed by atoms with Gasteiger partial charge in [0.1, 0.15) is 0 Å². The van der Waals surface area contributed by atoms with Crippen LogP contribution in [0.15, 0.2) is 16.9 Å². The van der Waals surface area contributed by atoms with Crippen LogP contribution in [0.25, 0.3) is 11.0 Å². The van der Waals surface area contributed by atoms with Crippen molar-refractivity contribution in [2.24, 2.45) is 0 Å². The van der Waals surface area contributed by atoms with Crippen LogP contribution in [0.5, 0.6) is 0 Å². The van der Waals surface area contributed by atoms with E-state index in [2.05, 4.69) is 16.0 Å². The summed E-state index contributed by atoms with van der Waals surface area (Å²) in [5.41, 5.74) is 2.19. The van der Waals surface area contributed by atoms with Crippen LogP contribution in [0, 0.1) is 6.07 Å². The lowest BCUT2D eigenvalue weighted by Crippen LogP contribution is -1.99. The van der Waals surface area contributed by atoms with E-state index in [4.69, 9.17) is 11.6 Å². The number of hydrogen-bond acceptors (Lipinski definition) is 1. The van der Waals surface area contributed by atoms with Crippen molar-refractivity contribution in [3.63, 3.8) is 0 Å². The molecule has 2 aromatic rings. The fraction of sp³-hybridized carbons (Fsp3) is 0.125. The molecule has 0 unspecified atom stereocenters. The number of hydrogen-bond donors (Lipinski definition) is 2. The van der Waals surface area contributed by atoms with Gasteiger partial charge in [-0.1, -0.05) is 0 Å². The van der Waals surface area contributed by atoms with Crippen molar-refractivity contribution in [1.82, 2.24) is 9.97 Å². The summed E-state index contributed by atoms with van der Waals surface area (Å²) in [4.78, 5) is 16.2. The molecule has 0 spiro atoms. The first kappa shape index (κ1) is 7.43. The smallest absolute Gasteiger partial charge is 0.306 e. The van der Waals surface area contributed by atoms with Crippen molar-refractivity contribution in [3.8, 4) is 0 Å². The fourth-order valence-electron chi connectivity index (χ4n) is 1.16. The van der Waals surface area contributed by atoms with Crippen LogP contribution in [-0.4, -0.2) is 9.97 Å². The normalized spacial score (nSPS) is 10.8. The van der Waals surface area contributed by atoms with E-state index in [9.17, 15) is 4.79 Å². The van der Waals surface area contributed by atoms with Gasteiger partial charge in [0.05, 0.1) is 11.0 Å². The SMILES string of the molecule is O=c1[nH]c2c[c]cc(CCl)c2[nH]1. The Morgan fingerprint density at radius 1 is 1.42 bits per heavy atom. The Kier molecular flexibility index (Phi) is 1.66. The maximum absolute atomic E-state index is 10.9. The van der Waals surface area contributed by atoms with E-state index in [0.717, 1.165) is 16.6 Å². The Hall–Kier alpha value is -1.22. The highest BCUT2D eigenvalue weighted by Crippen LogP contribution is 2.13. The van der Waals surface area contributed by atoms with Gasteiger partial charge in [-0.2, -0.15) is 0 Å². The summed E-state index contributed by atoms with van der Waals surface area (Å²) in [6.07, 6.45) is 0. The van der Waals surface area contributed by atoms with Gasteiger partial charge < -0.3 is 9.97 Å². The Labute approximate surface area is 73.4 Å². The van der Waals surface area contributed by atoms with E-state index in [1.165, 1.54) is 0 Å². The molecular formula is C8H6ClN2O. The van der Waals surface area contributed by atoms with Gasteiger partial charge >= 0.3 is 5.69 Å². The molecule has 1 radical (unpaired) electrons. The maximum Gasteiger partial charge on any atom is 0.323 e. The molecule has 0 saturated carbocycles. The van der Waals surface area contributed by atoms with Crippen LogP contribution in [-0.2, 0) is 5.88 Å². The third-order valence-electron chi connectivity index (χ3n) is 1.71. The van der Waals surface area contributed by atoms with E-state index in [0.29, 0.717) is 5.88 Å². The van der Waals surface area contributed by atoms with Crippen molar-refractivity contribution in [3.05, 3.63) is 34.2 Å². The van der Waals surface area contributed by atoms with Gasteiger partial charge in [-0.25, -0.2) is 4.79 Å². The topological polar surface area (TPSA) is 48.6 Å². The monoisotopic (exact) mass is 181 g/mol. The molecule has 0 bridgehead atoms. The Balaban J connectivity index is 2.87. The standard InChI is InChI=1S/C8H6ClN2O/c9-4-5-2-1-3-6-7(5)11-8(12)10-6/h2-3H,4H2,(H2,10,11,12). The first-order valence-electron chi connectivity index (χ1n) is 3.48. The lowest BCUT2D eigenvalue weighted by molar-refractivity contribution is 1.21. The molecule has 0 saturated heterocycles. The minimum atomic E-state index is -0.212. The van der Waals surface area contributed by atoms with Crippen molar-refractivity contribution in [2.75, 3.05) is 0 Å². The second-order valence-electron chi connectivity index (χ2n) is 2.48. The third-order valence-corrected chi connectivity index (χ3v) is 1.99. The van der Waals surface area contributed by atoms with Crippen molar-refractivity contribution in [1.29, 1.82) is 0 Å². The highest BCUT2D eigenvalue weighted by atomic mass is 35.5. The molecule has 1 aromatic carbocycles. The van der Waals surface area contributed by atoms with Gasteiger partial charge in [-0.15, -0.1) is 11.6 Å². The number of aromatic nitrogens is 2. The minimum absolute atomic E-state index is 0.212. The molecule has 1 aromatic heterocycles. The molecule has 2 rings (SSSR count). The van der Waals surface area contributed by atoms with Gasteiger partial charge in [-0.05, 0) is 23.8 Å². The van der Waals surface area contributed by atoms with Crippen LogP contribution in [0.4, 0.5) is 0 Å². The number of benzene rings is 1. The van der Waals surface area contributed by atoms with Crippen LogP contribution in [0.2, 0.25) is 0 Å². The summed E-state index contributed by atoms with van der Waals surface area (Å²) in [6.45, 7) is 0. The maximum atomic E-state index is 10.9. The van der Waals surface area contributed by atoms with E-state index in [1.807, 2.05) is 0 Å². The van der Waals surface area contributed by atoms with E-state index >= 15 is 0 Å². The minimum Gasteiger partial charge on any atom is -0.306 e. The number of rotatable bonds is 1. The summed E-state index contributed by atoms with van der Waals surface area (Å²) in [7, 11) is 0. The highest BCUT2D eigenvalue weighted by Gasteiger charge is 2.01. The number of imidazole rings is 1. The number of H-pyrrole nitrogens is 2. The highest BCUT2D eigenvalue weighted by molar-refractivity contribution is 6.17. The summed E-state index contributed by atoms with van der Waals surface area (Å²) in [6, 6.07) is 6.37. The van der Waals surface area contributed by atoms with Gasteiger partial charge in [0, 0.05) is 5.88 Å². The molecule has 1 heterocycles. The van der Waals surface area contributed by atoms with Crippen LogP contribution in [0.1, 0.15) is 5.56 Å². The second-order valence-corrected chi connectivity index (χ2v) is 2.75. The average Bonchev–Trinajstić information content (AvgIpc) is 2.44. The van der Waals surface area contributed by atoms with Crippen LogP contribution < -0.4 is 5.69 Å². The number of fused-ring (bicyclic) bond motifs is 1. The first-order valence-corrected chi connectivity index (χ1v) is 4.01. The molecule has 0 amide bonds. The van der Waals surface area contributed by atoms with E-state index in [1.54, 1.807) is 12.1 Å². The predicted octanol–water partition coefficient (Wildman–Crippen LogP) is 1.40. The Morgan fingerprint density at radius 2 is 2.25 bits per heavy atom. The van der Waals surface area contributed by atoms with Crippen LogP contribution in [0.3, 0.4) is 0 Å². The fourth-order valence-corrected chi connectivity index (χ4v) is 1.37. The molecular weight excluding hydrogens is 176 g/mol. The molecule has 3 nitrogen and oxygen atoms in total. The van der Waals surface area contributed by atoms with Crippen LogP contribution >= 0.6 is 11.6 Å². The zero-order chi connectivity index (χ0) is 8.55. The van der Waals surface area contributed by atoms with E-state index < -0.39 is 0 Å². The molecule has 0 atom stereocenters. The number of halogens is 1. The van der Waals surface area contributed by atoms with Crippen molar-refractivity contribution >= 4 is 22.6 Å². The Bertz CT molecular complexity index is 457. The molecule has 2 N–H and O–H groups in total. The van der Waals surface area contributed by atoms with Crippen molar-refractivity contribution in [2.45, 2.75) is 5.88 Å². The average molecular weight is 182 g/mol. The zero-order valence-corrected chi connectivity index (χ0v) is 6.90. The summed E-state index contributed by atoms with van der Waals surface area (Å²) in [5, 5.41) is 0. The number of alkyl halides is 1. The molecule has 0 aliphatic heterocycles. The summed E-state index contributed by atoms with van der Waals surface area (Å²) >= 11 is 5.66. The third kappa shape index (κ3) is 1.02. The summed E-state index contributed by atoms with van der Waals surface area (Å²) in [5.74, 6) is 0.377. The van der Waals surface area contributed by atoms with Gasteiger partial charge in [0.15, 0.2) is 0 Å². The largest absolute Gasteiger partial charge is 0.323 e. The molecule has 0 aliphatic rings. The summed E-state index contributed by atoms with van der Waals surface area (Å²) < 4.78 is 0. The molecule has 12 heavy (non-hydrogen) atoms. The number of nitrogens with one attached hydrogen (secondary N) is 2. The first-order chi connectivity index (χ1) is 5.81. The quantitative estimate of drug-likeness (QED) is 0.642. The molecule has 61 valence electrons. The van der Waals surface area contributed by atoms with Gasteiger partial charge in [0.25, 0.3) is 0 Å². The van der Waals surface area contributed by atoms with E-state index in [-0.39, 0.29) is 5.69 Å². The molecule has 4 heteroatoms. The second kappa shape index (κ2) is 2.68. The molecule has 0 aliphatic carbocycles. The number of aromatic amines is 2. The van der Waals surface area contributed by atoms with Crippen molar-refractivity contribution < 1.29 is 0 Å². The van der Waals surface area contributed by atoms with Gasteiger partial charge in [-0.3, -0.25) is 0 Å². The Morgan fingerprint density at radius 3 is 3.00 bits per heavy atom.